The Morgan fingerprint density at radius 3 is 2.51 bits per heavy atom. The van der Waals surface area contributed by atoms with Crippen LogP contribution in [-0.2, 0) is 4.74 Å². The first-order chi connectivity index (χ1) is 27.0. The molecular weight excluding hydrogens is 740 g/mol. The summed E-state index contributed by atoms with van der Waals surface area (Å²) in [6.07, 6.45) is 13.1. The van der Waals surface area contributed by atoms with Gasteiger partial charge in [0.25, 0.3) is 0 Å². The number of nitriles is 1. The quantitative estimate of drug-likeness (QED) is 0.0459. The number of rotatable bonds is 17. The summed E-state index contributed by atoms with van der Waals surface area (Å²) in [5.74, 6) is 0. The number of quaternary nitrogens is 1. The summed E-state index contributed by atoms with van der Waals surface area (Å²) >= 11 is 6.90. The molecule has 0 saturated carbocycles. The number of carbonyl (C=O) groups excluding carboxylic acids is 2. The third kappa shape index (κ3) is 13.2. The van der Waals surface area contributed by atoms with Crippen LogP contribution in [0.3, 0.4) is 0 Å². The molecule has 0 fully saturated rings. The SMILES string of the molecule is CCC[N+](C)(C)CC.CN(C)/C=C\c1c(C=O)cccc1C(/C(N)=C/NC1C=CC1)N(C(=O)OCCCO)c1cc(Cl)c2ncc(C#N)c(NCC(C)(C)C)c2c1. The topological polar surface area (TPSA) is 157 Å². The maximum absolute atomic E-state index is 14.3. The molecule has 1 aliphatic carbocycles. The van der Waals surface area contributed by atoms with Gasteiger partial charge in [-0.3, -0.25) is 14.7 Å². The van der Waals surface area contributed by atoms with Crippen molar-refractivity contribution in [3.8, 4) is 6.07 Å². The highest BCUT2D eigenvalue weighted by molar-refractivity contribution is 6.36. The van der Waals surface area contributed by atoms with Crippen molar-refractivity contribution in [2.45, 2.75) is 66.0 Å². The molecule has 1 aliphatic rings. The Kier molecular flexibility index (Phi) is 17.4. The van der Waals surface area contributed by atoms with Gasteiger partial charge in [0.15, 0.2) is 6.29 Å². The zero-order valence-electron chi connectivity index (χ0n) is 35.1. The number of nitrogens with one attached hydrogen (secondary N) is 2. The van der Waals surface area contributed by atoms with Crippen molar-refractivity contribution in [3.63, 3.8) is 0 Å². The van der Waals surface area contributed by atoms with E-state index in [1.807, 2.05) is 31.1 Å². The van der Waals surface area contributed by atoms with Crippen LogP contribution >= 0.6 is 11.6 Å². The van der Waals surface area contributed by atoms with Gasteiger partial charge in [0.1, 0.15) is 12.1 Å². The van der Waals surface area contributed by atoms with Gasteiger partial charge in [0.2, 0.25) is 0 Å². The Hall–Kier alpha value is -5.09. The van der Waals surface area contributed by atoms with E-state index in [0.717, 1.165) is 17.2 Å². The second-order valence-electron chi connectivity index (χ2n) is 16.2. The second-order valence-corrected chi connectivity index (χ2v) is 16.6. The smallest absolute Gasteiger partial charge is 0.415 e. The van der Waals surface area contributed by atoms with Crippen LogP contribution < -0.4 is 21.3 Å². The average molecular weight is 802 g/mol. The Bertz CT molecular complexity index is 1960. The normalized spacial score (nSPS) is 14.6. The van der Waals surface area contributed by atoms with Crippen LogP contribution in [0.2, 0.25) is 5.02 Å². The summed E-state index contributed by atoms with van der Waals surface area (Å²) in [5.41, 5.74) is 10.1. The molecule has 12 nitrogen and oxygen atoms in total. The molecule has 5 N–H and O–H groups in total. The van der Waals surface area contributed by atoms with E-state index in [-0.39, 0.29) is 41.8 Å². The lowest BCUT2D eigenvalue weighted by Crippen LogP contribution is -2.40. The summed E-state index contributed by atoms with van der Waals surface area (Å²) in [7, 11) is 8.25. The number of nitrogens with zero attached hydrogens (tertiary/aromatic N) is 5. The first-order valence-corrected chi connectivity index (χ1v) is 19.8. The molecule has 1 amide bonds. The van der Waals surface area contributed by atoms with Crippen molar-refractivity contribution in [1.82, 2.24) is 15.2 Å². The fraction of sp³-hybridized carbons (Fsp3) is 0.455. The molecule has 0 saturated heterocycles. The van der Waals surface area contributed by atoms with E-state index in [9.17, 15) is 20.0 Å². The highest BCUT2D eigenvalue weighted by Gasteiger charge is 2.33. The Morgan fingerprint density at radius 1 is 1.25 bits per heavy atom. The number of amides is 1. The maximum Gasteiger partial charge on any atom is 0.415 e. The summed E-state index contributed by atoms with van der Waals surface area (Å²) in [5, 5.41) is 26.9. The molecular formula is C44H62ClN8O4+. The minimum Gasteiger partial charge on any atom is -0.449 e. The van der Waals surface area contributed by atoms with Crippen molar-refractivity contribution in [1.29, 1.82) is 5.26 Å². The van der Waals surface area contributed by atoms with Gasteiger partial charge in [-0.05, 0) is 60.7 Å². The molecule has 1 aromatic heterocycles. The number of nitrogens with two attached hydrogens (primary N) is 1. The largest absolute Gasteiger partial charge is 0.449 e. The molecule has 0 spiro atoms. The molecule has 3 aromatic rings. The number of aldehydes is 1. The van der Waals surface area contributed by atoms with Gasteiger partial charge < -0.3 is 35.6 Å². The number of benzene rings is 2. The standard InChI is InChI=1S/C37H44ClN7O4.C7H18N/c1-37(2,3)23-43-33-25(19-39)20-42-34-30(33)17-27(18-31(34)38)45(36(48)49-16-8-15-46)35(32(40)21-41-26-10-7-11-26)29-12-6-9-24(22-47)28(29)13-14-44(4)5;1-5-7-8(3,4)6-2/h6-7,9-10,12-14,17-18,20-22,26,35,41,46H,8,11,15-16,23,40H2,1-5H3,(H,42,43);5-7H2,1-4H3/q;+1/b14-13-,32-21-;. The summed E-state index contributed by atoms with van der Waals surface area (Å²) in [4.78, 5) is 34.3. The van der Waals surface area contributed by atoms with Crippen LogP contribution in [-0.4, -0.2) is 98.9 Å². The Balaban J connectivity index is 0.000000980. The van der Waals surface area contributed by atoms with Crippen molar-refractivity contribution in [2.75, 3.05) is 71.3 Å². The molecule has 13 heteroatoms. The number of ether oxygens (including phenoxy) is 1. The van der Waals surface area contributed by atoms with E-state index in [2.05, 4.69) is 70.4 Å². The van der Waals surface area contributed by atoms with Gasteiger partial charge in [-0.25, -0.2) is 4.79 Å². The molecule has 2 aromatic carbocycles. The predicted octanol–water partition coefficient (Wildman–Crippen LogP) is 7.84. The fourth-order valence-corrected chi connectivity index (χ4v) is 6.20. The Morgan fingerprint density at radius 2 is 1.96 bits per heavy atom. The minimum atomic E-state index is -1.01. The van der Waals surface area contributed by atoms with Gasteiger partial charge in [0.05, 0.1) is 67.0 Å². The predicted molar refractivity (Wildman–Crippen MR) is 233 cm³/mol. The lowest BCUT2D eigenvalue weighted by molar-refractivity contribution is -0.888. The third-order valence-electron chi connectivity index (χ3n) is 9.44. The van der Waals surface area contributed by atoms with Gasteiger partial charge in [0, 0.05) is 63.1 Å². The first-order valence-electron chi connectivity index (χ1n) is 19.5. The van der Waals surface area contributed by atoms with Gasteiger partial charge >= 0.3 is 6.09 Å². The van der Waals surface area contributed by atoms with E-state index in [0.29, 0.717) is 51.1 Å². The van der Waals surface area contributed by atoms with Crippen LogP contribution in [0, 0.1) is 16.7 Å². The zero-order valence-corrected chi connectivity index (χ0v) is 35.9. The highest BCUT2D eigenvalue weighted by Crippen LogP contribution is 2.40. The van der Waals surface area contributed by atoms with E-state index < -0.39 is 12.1 Å². The average Bonchev–Trinajstić information content (AvgIpc) is 3.14. The molecule has 308 valence electrons. The number of fused-ring (bicyclic) bond motifs is 1. The van der Waals surface area contributed by atoms with Crippen LogP contribution in [0.1, 0.15) is 87.0 Å². The van der Waals surface area contributed by atoms with Crippen molar-refractivity contribution < 1.29 is 23.9 Å². The Labute approximate surface area is 344 Å². The summed E-state index contributed by atoms with van der Waals surface area (Å²) in [6.45, 7) is 13.5. The van der Waals surface area contributed by atoms with Crippen LogP contribution in [0.5, 0.6) is 0 Å². The van der Waals surface area contributed by atoms with E-state index in [1.54, 1.807) is 48.8 Å². The van der Waals surface area contributed by atoms with Crippen LogP contribution in [0.25, 0.3) is 17.0 Å². The van der Waals surface area contributed by atoms with Crippen LogP contribution in [0.15, 0.2) is 66.8 Å². The molecule has 0 bridgehead atoms. The number of hydrogen-bond donors (Lipinski definition) is 4. The number of aromatic nitrogens is 1. The molecule has 57 heavy (non-hydrogen) atoms. The highest BCUT2D eigenvalue weighted by atomic mass is 35.5. The third-order valence-corrected chi connectivity index (χ3v) is 9.73. The lowest BCUT2D eigenvalue weighted by Gasteiger charge is -2.34. The molecule has 0 radical (unpaired) electrons. The fourth-order valence-electron chi connectivity index (χ4n) is 5.93. The van der Waals surface area contributed by atoms with E-state index in [1.165, 1.54) is 30.6 Å². The van der Waals surface area contributed by atoms with Crippen molar-refractivity contribution >= 4 is 52.3 Å². The number of halogens is 1. The monoisotopic (exact) mass is 801 g/mol. The number of carbonyl (C=O) groups is 2. The van der Waals surface area contributed by atoms with Crippen LogP contribution in [0.4, 0.5) is 16.2 Å². The number of hydrogen-bond acceptors (Lipinski definition) is 10. The minimum absolute atomic E-state index is 0.0606. The number of pyridine rings is 1. The van der Waals surface area contributed by atoms with Gasteiger partial charge in [-0.15, -0.1) is 0 Å². The summed E-state index contributed by atoms with van der Waals surface area (Å²) in [6, 6.07) is 9.84. The number of aliphatic hydroxyl groups is 1. The maximum atomic E-state index is 14.3. The lowest BCUT2D eigenvalue weighted by atomic mass is 9.92. The first kappa shape index (κ1) is 46.3. The molecule has 1 heterocycles. The van der Waals surface area contributed by atoms with Gasteiger partial charge in [-0.2, -0.15) is 5.26 Å². The summed E-state index contributed by atoms with van der Waals surface area (Å²) < 4.78 is 6.88. The van der Waals surface area contributed by atoms with Crippen molar-refractivity contribution in [3.05, 3.63) is 94.1 Å². The number of aliphatic hydroxyl groups excluding tert-OH is 1. The number of anilines is 2. The second kappa shape index (κ2) is 21.4. The van der Waals surface area contributed by atoms with Gasteiger partial charge in [-0.1, -0.05) is 69.6 Å². The molecule has 4 rings (SSSR count). The zero-order chi connectivity index (χ0) is 42.3. The van der Waals surface area contributed by atoms with Crippen molar-refractivity contribution in [2.24, 2.45) is 11.1 Å². The molecule has 0 aliphatic heterocycles. The molecule has 2 atom stereocenters. The van der Waals surface area contributed by atoms with E-state index in [4.69, 9.17) is 22.1 Å². The van der Waals surface area contributed by atoms with E-state index >= 15 is 0 Å². The molecule has 2 unspecified atom stereocenters.